The predicted molar refractivity (Wildman–Crippen MR) is 107 cm³/mol. The van der Waals surface area contributed by atoms with Crippen molar-refractivity contribution in [2.24, 2.45) is 10.9 Å². The molecule has 1 atom stereocenters. The van der Waals surface area contributed by atoms with Crippen LogP contribution in [0.3, 0.4) is 0 Å². The van der Waals surface area contributed by atoms with Crippen molar-refractivity contribution in [2.75, 3.05) is 50.8 Å². The highest BCUT2D eigenvalue weighted by Gasteiger charge is 2.23. The van der Waals surface area contributed by atoms with Crippen molar-refractivity contribution in [2.45, 2.75) is 27.2 Å². The summed E-state index contributed by atoms with van der Waals surface area (Å²) in [5.41, 5.74) is 2.53. The highest BCUT2D eigenvalue weighted by atomic mass is 35.5. The van der Waals surface area contributed by atoms with Crippen LogP contribution in [-0.4, -0.2) is 51.9 Å². The molecular weight excluding hydrogens is 336 g/mol. The molecule has 1 aromatic carbocycles. The minimum absolute atomic E-state index is 0.570. The van der Waals surface area contributed by atoms with E-state index in [1.165, 1.54) is 11.3 Å². The van der Waals surface area contributed by atoms with E-state index in [1.54, 1.807) is 0 Å². The molecule has 1 saturated heterocycles. The fourth-order valence-corrected chi connectivity index (χ4v) is 3.24. The first-order valence-electron chi connectivity index (χ1n) is 9.25. The summed E-state index contributed by atoms with van der Waals surface area (Å²) in [4.78, 5) is 7.17. The first kappa shape index (κ1) is 19.9. The van der Waals surface area contributed by atoms with Gasteiger partial charge in [0.05, 0.1) is 6.61 Å². The van der Waals surface area contributed by atoms with Gasteiger partial charge in [0.1, 0.15) is 0 Å². The predicted octanol–water partition coefficient (Wildman–Crippen LogP) is 3.07. The van der Waals surface area contributed by atoms with Crippen LogP contribution in [-0.2, 0) is 4.74 Å². The van der Waals surface area contributed by atoms with Crippen LogP contribution >= 0.6 is 11.6 Å². The molecule has 1 unspecified atom stereocenters. The molecule has 0 bridgehead atoms. The molecule has 1 fully saturated rings. The largest absolute Gasteiger partial charge is 0.380 e. The molecule has 0 aliphatic carbocycles. The van der Waals surface area contributed by atoms with Gasteiger partial charge >= 0.3 is 0 Å². The van der Waals surface area contributed by atoms with E-state index in [9.17, 15) is 0 Å². The lowest BCUT2D eigenvalue weighted by Crippen LogP contribution is -2.39. The van der Waals surface area contributed by atoms with Crippen LogP contribution in [0.25, 0.3) is 0 Å². The van der Waals surface area contributed by atoms with E-state index in [0.29, 0.717) is 12.5 Å². The average molecular weight is 367 g/mol. The summed E-state index contributed by atoms with van der Waals surface area (Å²) in [6.45, 7) is 12.2. The number of nitrogens with one attached hydrogen (secondary N) is 2. The molecule has 25 heavy (non-hydrogen) atoms. The summed E-state index contributed by atoms with van der Waals surface area (Å²) in [5.74, 6) is 1.44. The number of benzene rings is 1. The third-order valence-electron chi connectivity index (χ3n) is 4.39. The molecule has 0 spiro atoms. The van der Waals surface area contributed by atoms with Crippen LogP contribution < -0.4 is 15.5 Å². The third kappa shape index (κ3) is 6.40. The molecule has 5 nitrogen and oxygen atoms in total. The molecule has 2 rings (SSSR count). The molecule has 0 amide bonds. The van der Waals surface area contributed by atoms with E-state index in [2.05, 4.69) is 41.5 Å². The number of aliphatic imine (C=N–C) groups is 1. The van der Waals surface area contributed by atoms with E-state index >= 15 is 0 Å². The fourth-order valence-electron chi connectivity index (χ4n) is 3.07. The average Bonchev–Trinajstić information content (AvgIpc) is 3.07. The molecule has 0 aromatic heterocycles. The summed E-state index contributed by atoms with van der Waals surface area (Å²) >= 11 is 6.16. The molecule has 140 valence electrons. The van der Waals surface area contributed by atoms with Crippen LogP contribution in [0.1, 0.15) is 25.8 Å². The van der Waals surface area contributed by atoms with Gasteiger partial charge in [-0.15, -0.1) is 0 Å². The van der Waals surface area contributed by atoms with Crippen LogP contribution in [0, 0.1) is 12.8 Å². The third-order valence-corrected chi connectivity index (χ3v) is 4.63. The second kappa shape index (κ2) is 10.5. The molecule has 6 heteroatoms. The van der Waals surface area contributed by atoms with Crippen molar-refractivity contribution in [3.05, 3.63) is 28.8 Å². The Morgan fingerprint density at radius 3 is 2.96 bits per heavy atom. The van der Waals surface area contributed by atoms with Gasteiger partial charge in [-0.1, -0.05) is 17.7 Å². The Morgan fingerprint density at radius 1 is 1.36 bits per heavy atom. The van der Waals surface area contributed by atoms with Crippen LogP contribution in [0.5, 0.6) is 0 Å². The van der Waals surface area contributed by atoms with E-state index in [1.807, 2.05) is 13.0 Å². The van der Waals surface area contributed by atoms with Crippen molar-refractivity contribution in [1.29, 1.82) is 0 Å². The Kier molecular flexibility index (Phi) is 8.35. The van der Waals surface area contributed by atoms with Gasteiger partial charge in [0.2, 0.25) is 0 Å². The second-order valence-corrected chi connectivity index (χ2v) is 6.81. The van der Waals surface area contributed by atoms with Gasteiger partial charge in [-0.2, -0.15) is 0 Å². The molecule has 1 aliphatic heterocycles. The van der Waals surface area contributed by atoms with Gasteiger partial charge in [-0.05, 0) is 50.8 Å². The monoisotopic (exact) mass is 366 g/mol. The van der Waals surface area contributed by atoms with Gasteiger partial charge in [0.25, 0.3) is 0 Å². The Bertz CT molecular complexity index is 564. The lowest BCUT2D eigenvalue weighted by Gasteiger charge is -2.21. The maximum atomic E-state index is 6.16. The number of guanidine groups is 1. The Morgan fingerprint density at radius 2 is 2.20 bits per heavy atom. The van der Waals surface area contributed by atoms with Gasteiger partial charge in [-0.25, -0.2) is 0 Å². The zero-order valence-corrected chi connectivity index (χ0v) is 16.4. The van der Waals surface area contributed by atoms with Crippen LogP contribution in [0.15, 0.2) is 23.2 Å². The molecule has 1 aromatic rings. The number of hydrogen-bond acceptors (Lipinski definition) is 3. The SMILES string of the molecule is CCNC(=NCC1CCN(c2cc(Cl)ccc2C)C1)NCCOCC. The Hall–Kier alpha value is -1.46. The summed E-state index contributed by atoms with van der Waals surface area (Å²) in [7, 11) is 0. The number of anilines is 1. The summed E-state index contributed by atoms with van der Waals surface area (Å²) in [6, 6.07) is 6.12. The zero-order valence-electron chi connectivity index (χ0n) is 15.6. The normalized spacial score (nSPS) is 17.8. The highest BCUT2D eigenvalue weighted by Crippen LogP contribution is 2.29. The number of hydrogen-bond donors (Lipinski definition) is 2. The maximum Gasteiger partial charge on any atom is 0.191 e. The first-order chi connectivity index (χ1) is 12.1. The van der Waals surface area contributed by atoms with Gasteiger partial charge in [-0.3, -0.25) is 4.99 Å². The molecule has 0 radical (unpaired) electrons. The number of ether oxygens (including phenoxy) is 1. The maximum absolute atomic E-state index is 6.16. The zero-order chi connectivity index (χ0) is 18.1. The number of nitrogens with zero attached hydrogens (tertiary/aromatic N) is 2. The Balaban J connectivity index is 1.86. The molecule has 1 heterocycles. The fraction of sp³-hybridized carbons (Fsp3) is 0.632. The van der Waals surface area contributed by atoms with E-state index in [4.69, 9.17) is 21.3 Å². The smallest absolute Gasteiger partial charge is 0.191 e. The number of aryl methyl sites for hydroxylation is 1. The molecule has 1 aliphatic rings. The van der Waals surface area contributed by atoms with Gasteiger partial charge in [0, 0.05) is 50.0 Å². The van der Waals surface area contributed by atoms with Crippen LogP contribution in [0.4, 0.5) is 5.69 Å². The number of rotatable bonds is 8. The van der Waals surface area contributed by atoms with Gasteiger partial charge < -0.3 is 20.3 Å². The molecular formula is C19H31ClN4O. The Labute approximate surface area is 156 Å². The summed E-state index contributed by atoms with van der Waals surface area (Å²) < 4.78 is 5.36. The minimum Gasteiger partial charge on any atom is -0.380 e. The lowest BCUT2D eigenvalue weighted by atomic mass is 10.1. The standard InChI is InChI=1S/C19H31ClN4O/c1-4-21-19(22-9-11-25-5-2)23-13-16-8-10-24(14-16)18-12-17(20)7-6-15(18)3/h6-7,12,16H,4-5,8-11,13-14H2,1-3H3,(H2,21,22,23). The van der Waals surface area contributed by atoms with Gasteiger partial charge in [0.15, 0.2) is 5.96 Å². The lowest BCUT2D eigenvalue weighted by molar-refractivity contribution is 0.152. The summed E-state index contributed by atoms with van der Waals surface area (Å²) in [5, 5.41) is 7.42. The van der Waals surface area contributed by atoms with Crippen molar-refractivity contribution >= 4 is 23.2 Å². The summed E-state index contributed by atoms with van der Waals surface area (Å²) in [6.07, 6.45) is 1.16. The van der Waals surface area contributed by atoms with Crippen molar-refractivity contribution in [3.63, 3.8) is 0 Å². The minimum atomic E-state index is 0.570. The topological polar surface area (TPSA) is 48.9 Å². The molecule has 2 N–H and O–H groups in total. The number of halogens is 1. The van der Waals surface area contributed by atoms with Crippen molar-refractivity contribution < 1.29 is 4.74 Å². The highest BCUT2D eigenvalue weighted by molar-refractivity contribution is 6.30. The van der Waals surface area contributed by atoms with E-state index in [0.717, 1.165) is 56.7 Å². The van der Waals surface area contributed by atoms with Crippen LogP contribution in [0.2, 0.25) is 5.02 Å². The van der Waals surface area contributed by atoms with Crippen molar-refractivity contribution in [3.8, 4) is 0 Å². The van der Waals surface area contributed by atoms with Crippen molar-refractivity contribution in [1.82, 2.24) is 10.6 Å². The van der Waals surface area contributed by atoms with E-state index < -0.39 is 0 Å². The second-order valence-electron chi connectivity index (χ2n) is 6.37. The van der Waals surface area contributed by atoms with E-state index in [-0.39, 0.29) is 0 Å². The molecule has 0 saturated carbocycles. The quantitative estimate of drug-likeness (QED) is 0.422. The first-order valence-corrected chi connectivity index (χ1v) is 9.62.